The van der Waals surface area contributed by atoms with Crippen LogP contribution < -0.4 is 4.90 Å². The SMILES string of the molecule is O=C1C2=C(CCCC2)C(=O)N1c1c(F)cc(Cl)c2nc(Cl)sc12. The van der Waals surface area contributed by atoms with Crippen molar-refractivity contribution in [2.45, 2.75) is 25.7 Å². The maximum Gasteiger partial charge on any atom is 0.261 e. The predicted molar refractivity (Wildman–Crippen MR) is 87.6 cm³/mol. The molecule has 4 rings (SSSR count). The molecule has 4 nitrogen and oxygen atoms in total. The lowest BCUT2D eigenvalue weighted by Crippen LogP contribution is -2.32. The third-order valence-corrected chi connectivity index (χ3v) is 5.59. The van der Waals surface area contributed by atoms with Gasteiger partial charge < -0.3 is 0 Å². The molecule has 0 N–H and O–H groups in total. The number of thiazole rings is 1. The third-order valence-electron chi connectivity index (χ3n) is 4.14. The monoisotopic (exact) mass is 370 g/mol. The fourth-order valence-corrected chi connectivity index (χ4v) is 4.57. The molecule has 1 aromatic heterocycles. The number of fused-ring (bicyclic) bond motifs is 1. The molecule has 2 aromatic rings. The van der Waals surface area contributed by atoms with E-state index in [0.717, 1.165) is 35.1 Å². The van der Waals surface area contributed by atoms with Crippen LogP contribution in [0, 0.1) is 5.82 Å². The highest BCUT2D eigenvalue weighted by Crippen LogP contribution is 2.43. The third kappa shape index (κ3) is 2.12. The molecule has 118 valence electrons. The van der Waals surface area contributed by atoms with E-state index in [-0.39, 0.29) is 15.2 Å². The quantitative estimate of drug-likeness (QED) is 0.695. The first kappa shape index (κ1) is 15.1. The van der Waals surface area contributed by atoms with E-state index in [1.165, 1.54) is 0 Å². The van der Waals surface area contributed by atoms with Gasteiger partial charge in [0.05, 0.1) is 9.72 Å². The summed E-state index contributed by atoms with van der Waals surface area (Å²) in [5.74, 6) is -1.63. The largest absolute Gasteiger partial charge is 0.269 e. The highest BCUT2D eigenvalue weighted by molar-refractivity contribution is 7.22. The molecular formula is C15H9Cl2FN2O2S. The van der Waals surface area contributed by atoms with Crippen LogP contribution in [0.4, 0.5) is 10.1 Å². The fraction of sp³-hybridized carbons (Fsp3) is 0.267. The van der Waals surface area contributed by atoms with Crippen LogP contribution in [0.15, 0.2) is 17.2 Å². The van der Waals surface area contributed by atoms with Gasteiger partial charge in [-0.25, -0.2) is 14.3 Å². The van der Waals surface area contributed by atoms with Crippen LogP contribution in [0.1, 0.15) is 25.7 Å². The molecule has 0 saturated heterocycles. The number of amides is 2. The standard InChI is InChI=1S/C15H9Cl2FN2O2S/c16-8-5-9(18)11(12-10(8)19-15(17)23-12)20-13(21)6-3-1-2-4-7(6)14(20)22/h5H,1-4H2. The molecule has 23 heavy (non-hydrogen) atoms. The van der Waals surface area contributed by atoms with Crippen molar-refractivity contribution in [2.24, 2.45) is 0 Å². The number of hydrogen-bond donors (Lipinski definition) is 0. The minimum absolute atomic E-state index is 0.0983. The molecule has 1 aliphatic carbocycles. The first-order chi connectivity index (χ1) is 11.0. The minimum Gasteiger partial charge on any atom is -0.269 e. The molecule has 2 amide bonds. The first-order valence-electron chi connectivity index (χ1n) is 7.04. The van der Waals surface area contributed by atoms with Gasteiger partial charge in [-0.15, -0.1) is 11.3 Å². The molecule has 1 aliphatic heterocycles. The Bertz CT molecular complexity index is 894. The summed E-state index contributed by atoms with van der Waals surface area (Å²) in [4.78, 5) is 30.2. The van der Waals surface area contributed by atoms with Crippen LogP contribution in [0.5, 0.6) is 0 Å². The van der Waals surface area contributed by atoms with Gasteiger partial charge in [0.25, 0.3) is 11.8 Å². The van der Waals surface area contributed by atoms with E-state index in [0.29, 0.717) is 34.2 Å². The summed E-state index contributed by atoms with van der Waals surface area (Å²) in [7, 11) is 0. The number of carbonyl (C=O) groups excluding carboxylic acids is 2. The minimum atomic E-state index is -0.732. The van der Waals surface area contributed by atoms with Gasteiger partial charge in [-0.05, 0) is 31.7 Å². The van der Waals surface area contributed by atoms with Gasteiger partial charge in [-0.1, -0.05) is 23.2 Å². The van der Waals surface area contributed by atoms with Gasteiger partial charge in [0, 0.05) is 11.1 Å². The zero-order valence-corrected chi connectivity index (χ0v) is 14.0. The Morgan fingerprint density at radius 2 is 1.74 bits per heavy atom. The number of hydrogen-bond acceptors (Lipinski definition) is 4. The molecular weight excluding hydrogens is 362 g/mol. The molecule has 0 bridgehead atoms. The van der Waals surface area contributed by atoms with Gasteiger partial charge in [-0.2, -0.15) is 0 Å². The number of halogens is 3. The summed E-state index contributed by atoms with van der Waals surface area (Å²) < 4.78 is 15.0. The Morgan fingerprint density at radius 3 is 2.35 bits per heavy atom. The average Bonchev–Trinajstić information content (AvgIpc) is 3.02. The second kappa shape index (κ2) is 5.26. The number of nitrogens with zero attached hydrogens (tertiary/aromatic N) is 2. The summed E-state index contributed by atoms with van der Waals surface area (Å²) in [5.41, 5.74) is 1.19. The van der Waals surface area contributed by atoms with Crippen molar-refractivity contribution >= 4 is 62.3 Å². The lowest BCUT2D eigenvalue weighted by atomic mass is 9.93. The normalized spacial score (nSPS) is 18.3. The Labute approximate surface area is 144 Å². The summed E-state index contributed by atoms with van der Waals surface area (Å²) in [6, 6.07) is 1.06. The number of benzene rings is 1. The number of rotatable bonds is 1. The van der Waals surface area contributed by atoms with Crippen molar-refractivity contribution in [1.29, 1.82) is 0 Å². The number of aromatic nitrogens is 1. The summed E-state index contributed by atoms with van der Waals surface area (Å²) in [6.45, 7) is 0. The average molecular weight is 371 g/mol. The Hall–Kier alpha value is -1.50. The molecule has 2 heterocycles. The van der Waals surface area contributed by atoms with Crippen molar-refractivity contribution in [3.8, 4) is 0 Å². The second-order valence-corrected chi connectivity index (χ2v) is 7.43. The van der Waals surface area contributed by atoms with E-state index in [1.807, 2.05) is 0 Å². The number of imide groups is 1. The van der Waals surface area contributed by atoms with Crippen LogP contribution in [-0.2, 0) is 9.59 Å². The molecule has 0 fully saturated rings. The van der Waals surface area contributed by atoms with Crippen LogP contribution in [-0.4, -0.2) is 16.8 Å². The number of anilines is 1. The lowest BCUT2D eigenvalue weighted by Gasteiger charge is -2.17. The van der Waals surface area contributed by atoms with E-state index in [2.05, 4.69) is 4.98 Å². The lowest BCUT2D eigenvalue weighted by molar-refractivity contribution is -0.120. The zero-order chi connectivity index (χ0) is 16.3. The van der Waals surface area contributed by atoms with Crippen LogP contribution >= 0.6 is 34.5 Å². The first-order valence-corrected chi connectivity index (χ1v) is 8.61. The van der Waals surface area contributed by atoms with E-state index in [1.54, 1.807) is 0 Å². The fourth-order valence-electron chi connectivity index (χ4n) is 3.12. The Morgan fingerprint density at radius 1 is 1.13 bits per heavy atom. The van der Waals surface area contributed by atoms with Crippen molar-refractivity contribution < 1.29 is 14.0 Å². The smallest absolute Gasteiger partial charge is 0.261 e. The zero-order valence-electron chi connectivity index (χ0n) is 11.7. The van der Waals surface area contributed by atoms with E-state index in [4.69, 9.17) is 23.2 Å². The van der Waals surface area contributed by atoms with Gasteiger partial charge in [0.2, 0.25) is 0 Å². The molecule has 0 spiro atoms. The maximum atomic E-state index is 14.6. The Kier molecular flexibility index (Phi) is 3.44. The van der Waals surface area contributed by atoms with E-state index >= 15 is 0 Å². The molecule has 1 aromatic carbocycles. The molecule has 0 atom stereocenters. The second-order valence-electron chi connectivity index (χ2n) is 5.44. The van der Waals surface area contributed by atoms with Crippen molar-refractivity contribution in [3.05, 3.63) is 32.5 Å². The van der Waals surface area contributed by atoms with Gasteiger partial charge in [-0.3, -0.25) is 9.59 Å². The summed E-state index contributed by atoms with van der Waals surface area (Å²) in [6.07, 6.45) is 2.82. The molecule has 8 heteroatoms. The van der Waals surface area contributed by atoms with Crippen molar-refractivity contribution in [2.75, 3.05) is 4.90 Å². The predicted octanol–water partition coefficient (Wildman–Crippen LogP) is 4.49. The highest BCUT2D eigenvalue weighted by Gasteiger charge is 2.42. The van der Waals surface area contributed by atoms with Crippen LogP contribution in [0.25, 0.3) is 10.2 Å². The van der Waals surface area contributed by atoms with E-state index in [9.17, 15) is 14.0 Å². The van der Waals surface area contributed by atoms with Crippen LogP contribution in [0.3, 0.4) is 0 Å². The van der Waals surface area contributed by atoms with Crippen molar-refractivity contribution in [3.63, 3.8) is 0 Å². The highest BCUT2D eigenvalue weighted by atomic mass is 35.5. The van der Waals surface area contributed by atoms with Crippen LogP contribution in [0.2, 0.25) is 9.49 Å². The topological polar surface area (TPSA) is 50.3 Å². The summed E-state index contributed by atoms with van der Waals surface area (Å²) in [5, 5.41) is 0.0983. The molecule has 0 unspecified atom stereocenters. The summed E-state index contributed by atoms with van der Waals surface area (Å²) >= 11 is 12.9. The maximum absolute atomic E-state index is 14.6. The van der Waals surface area contributed by atoms with Crippen molar-refractivity contribution in [1.82, 2.24) is 4.98 Å². The molecule has 0 radical (unpaired) electrons. The number of carbonyl (C=O) groups is 2. The Balaban J connectivity index is 1.94. The molecule has 2 aliphatic rings. The van der Waals surface area contributed by atoms with Gasteiger partial charge >= 0.3 is 0 Å². The molecule has 0 saturated carbocycles. The van der Waals surface area contributed by atoms with Gasteiger partial charge in [0.15, 0.2) is 10.3 Å². The van der Waals surface area contributed by atoms with E-state index < -0.39 is 17.6 Å². The van der Waals surface area contributed by atoms with Gasteiger partial charge in [0.1, 0.15) is 11.2 Å².